The third kappa shape index (κ3) is 18.6. The van der Waals surface area contributed by atoms with E-state index in [0.717, 1.165) is 96.7 Å². The second-order valence-electron chi connectivity index (χ2n) is 11.9. The van der Waals surface area contributed by atoms with E-state index in [4.69, 9.17) is 0 Å². The SMILES string of the molecule is C=CCC(O)(CC=C)CCCCCN(CCCCCC(O)(CC=C)CC=C)CCCCCC(O)(CC=C)CC=C. The van der Waals surface area contributed by atoms with Crippen molar-refractivity contribution in [1.29, 1.82) is 0 Å². The van der Waals surface area contributed by atoms with Crippen LogP contribution in [0.5, 0.6) is 0 Å². The molecule has 0 rings (SSSR count). The molecule has 0 atom stereocenters. The van der Waals surface area contributed by atoms with E-state index >= 15 is 0 Å². The number of hydrogen-bond acceptors (Lipinski definition) is 4. The molecule has 0 aliphatic carbocycles. The first kappa shape index (κ1) is 38.3. The Bertz CT molecular complexity index is 588. The van der Waals surface area contributed by atoms with Crippen LogP contribution in [0.2, 0.25) is 0 Å². The molecule has 0 aliphatic heterocycles. The highest BCUT2D eigenvalue weighted by molar-refractivity contribution is 4.93. The molecule has 0 spiro atoms. The monoisotopic (exact) mass is 557 g/mol. The summed E-state index contributed by atoms with van der Waals surface area (Å²) >= 11 is 0. The van der Waals surface area contributed by atoms with Gasteiger partial charge in [-0.2, -0.15) is 0 Å². The maximum Gasteiger partial charge on any atom is 0.0716 e. The van der Waals surface area contributed by atoms with E-state index in [-0.39, 0.29) is 0 Å². The molecule has 0 unspecified atom stereocenters. The van der Waals surface area contributed by atoms with E-state index in [0.29, 0.717) is 38.5 Å². The van der Waals surface area contributed by atoms with Crippen molar-refractivity contribution in [3.8, 4) is 0 Å². The molecule has 0 aromatic heterocycles. The van der Waals surface area contributed by atoms with Gasteiger partial charge in [-0.3, -0.25) is 0 Å². The molecule has 0 aliphatic rings. The summed E-state index contributed by atoms with van der Waals surface area (Å²) in [7, 11) is 0. The summed E-state index contributed by atoms with van der Waals surface area (Å²) in [5.41, 5.74) is -2.12. The molecule has 4 nitrogen and oxygen atoms in total. The molecule has 0 bridgehead atoms. The van der Waals surface area contributed by atoms with E-state index in [2.05, 4.69) is 44.4 Å². The van der Waals surface area contributed by atoms with Gasteiger partial charge in [0, 0.05) is 0 Å². The van der Waals surface area contributed by atoms with E-state index < -0.39 is 16.8 Å². The standard InChI is InChI=1S/C36H63NO3/c1-7-22-34(38,23-8-2)28-16-13-19-31-37(32-20-14-17-29-35(39,24-9-3)25-10-4)33-21-15-18-30-36(40,26-11-5)27-12-6/h7-12,38-40H,1-6,13-33H2. The average Bonchev–Trinajstić information content (AvgIpc) is 2.88. The Kier molecular flexibility index (Phi) is 21.9. The van der Waals surface area contributed by atoms with Gasteiger partial charge >= 0.3 is 0 Å². The molecule has 0 radical (unpaired) electrons. The normalized spacial score (nSPS) is 12.3. The lowest BCUT2D eigenvalue weighted by Gasteiger charge is -2.27. The Morgan fingerprint density at radius 1 is 0.375 bits per heavy atom. The fourth-order valence-corrected chi connectivity index (χ4v) is 5.71. The summed E-state index contributed by atoms with van der Waals surface area (Å²) < 4.78 is 0. The zero-order chi connectivity index (χ0) is 30.2. The summed E-state index contributed by atoms with van der Waals surface area (Å²) in [6.45, 7) is 26.0. The average molecular weight is 558 g/mol. The quantitative estimate of drug-likeness (QED) is 0.0611. The zero-order valence-electron chi connectivity index (χ0n) is 25.8. The molecule has 0 heterocycles. The predicted octanol–water partition coefficient (Wildman–Crippen LogP) is 8.62. The fraction of sp³-hybridized carbons (Fsp3) is 0.667. The Labute approximate surface area is 248 Å². The van der Waals surface area contributed by atoms with Crippen molar-refractivity contribution in [1.82, 2.24) is 4.90 Å². The van der Waals surface area contributed by atoms with E-state index in [1.165, 1.54) is 0 Å². The number of rotatable bonds is 30. The Hall–Kier alpha value is -1.72. The van der Waals surface area contributed by atoms with Gasteiger partial charge in [0.15, 0.2) is 0 Å². The van der Waals surface area contributed by atoms with Crippen LogP contribution in [0.3, 0.4) is 0 Å². The van der Waals surface area contributed by atoms with Gasteiger partial charge < -0.3 is 20.2 Å². The van der Waals surface area contributed by atoms with Crippen LogP contribution in [0.25, 0.3) is 0 Å². The summed E-state index contributed by atoms with van der Waals surface area (Å²) in [5.74, 6) is 0. The lowest BCUT2D eigenvalue weighted by atomic mass is 9.89. The van der Waals surface area contributed by atoms with Crippen molar-refractivity contribution >= 4 is 0 Å². The molecule has 0 aromatic carbocycles. The van der Waals surface area contributed by atoms with E-state index in [9.17, 15) is 15.3 Å². The van der Waals surface area contributed by atoms with Gasteiger partial charge in [0.1, 0.15) is 0 Å². The number of aliphatic hydroxyl groups is 3. The van der Waals surface area contributed by atoms with Crippen LogP contribution in [-0.4, -0.2) is 56.7 Å². The first-order valence-corrected chi connectivity index (χ1v) is 15.7. The summed E-state index contributed by atoms with van der Waals surface area (Å²) in [6.07, 6.45) is 26.4. The molecule has 0 fully saturated rings. The molecular weight excluding hydrogens is 494 g/mol. The first-order chi connectivity index (χ1) is 19.1. The fourth-order valence-electron chi connectivity index (χ4n) is 5.71. The predicted molar refractivity (Wildman–Crippen MR) is 176 cm³/mol. The highest BCUT2D eigenvalue weighted by Gasteiger charge is 2.24. The van der Waals surface area contributed by atoms with Gasteiger partial charge in [0.2, 0.25) is 0 Å². The van der Waals surface area contributed by atoms with Crippen LogP contribution in [0.15, 0.2) is 75.9 Å². The second kappa shape index (κ2) is 22.9. The first-order valence-electron chi connectivity index (χ1n) is 15.7. The second-order valence-corrected chi connectivity index (χ2v) is 11.9. The molecule has 40 heavy (non-hydrogen) atoms. The molecule has 0 saturated carbocycles. The van der Waals surface area contributed by atoms with Gasteiger partial charge in [-0.05, 0) is 96.7 Å². The number of nitrogens with zero attached hydrogens (tertiary/aromatic N) is 1. The van der Waals surface area contributed by atoms with Crippen LogP contribution >= 0.6 is 0 Å². The molecule has 0 amide bonds. The van der Waals surface area contributed by atoms with Gasteiger partial charge in [0.05, 0.1) is 16.8 Å². The largest absolute Gasteiger partial charge is 0.389 e. The molecule has 3 N–H and O–H groups in total. The Morgan fingerprint density at radius 2 is 0.600 bits per heavy atom. The minimum absolute atomic E-state index is 0.606. The van der Waals surface area contributed by atoms with Crippen molar-refractivity contribution in [2.24, 2.45) is 0 Å². The number of hydrogen-bond donors (Lipinski definition) is 3. The van der Waals surface area contributed by atoms with Gasteiger partial charge in [0.25, 0.3) is 0 Å². The molecule has 4 heteroatoms. The minimum Gasteiger partial charge on any atom is -0.389 e. The summed E-state index contributed by atoms with van der Waals surface area (Å²) in [5, 5.41) is 32.4. The van der Waals surface area contributed by atoms with Gasteiger partial charge in [-0.1, -0.05) is 75.0 Å². The van der Waals surface area contributed by atoms with Crippen molar-refractivity contribution in [2.75, 3.05) is 19.6 Å². The maximum absolute atomic E-state index is 10.8. The van der Waals surface area contributed by atoms with Crippen LogP contribution < -0.4 is 0 Å². The maximum atomic E-state index is 10.8. The van der Waals surface area contributed by atoms with Crippen LogP contribution in [-0.2, 0) is 0 Å². The van der Waals surface area contributed by atoms with Gasteiger partial charge in [-0.25, -0.2) is 0 Å². The van der Waals surface area contributed by atoms with Crippen LogP contribution in [0.4, 0.5) is 0 Å². The smallest absolute Gasteiger partial charge is 0.0716 e. The Morgan fingerprint density at radius 3 is 0.800 bits per heavy atom. The minimum atomic E-state index is -0.707. The van der Waals surface area contributed by atoms with E-state index in [1.807, 2.05) is 0 Å². The zero-order valence-corrected chi connectivity index (χ0v) is 25.8. The number of unbranched alkanes of at least 4 members (excludes halogenated alkanes) is 6. The van der Waals surface area contributed by atoms with E-state index in [1.54, 1.807) is 36.5 Å². The third-order valence-electron chi connectivity index (χ3n) is 8.00. The van der Waals surface area contributed by atoms with Crippen molar-refractivity contribution in [3.05, 3.63) is 75.9 Å². The van der Waals surface area contributed by atoms with Crippen LogP contribution in [0.1, 0.15) is 116 Å². The topological polar surface area (TPSA) is 63.9 Å². The van der Waals surface area contributed by atoms with Crippen molar-refractivity contribution in [2.45, 2.75) is 132 Å². The third-order valence-corrected chi connectivity index (χ3v) is 8.00. The molecule has 230 valence electrons. The van der Waals surface area contributed by atoms with Gasteiger partial charge in [-0.15, -0.1) is 39.5 Å². The molecule has 0 aromatic rings. The highest BCUT2D eigenvalue weighted by atomic mass is 16.3. The summed E-state index contributed by atoms with van der Waals surface area (Å²) in [6, 6.07) is 0. The van der Waals surface area contributed by atoms with Crippen LogP contribution in [0, 0.1) is 0 Å². The van der Waals surface area contributed by atoms with Crippen molar-refractivity contribution < 1.29 is 15.3 Å². The Balaban J connectivity index is 4.72. The highest BCUT2D eigenvalue weighted by Crippen LogP contribution is 2.26. The molecule has 0 saturated heterocycles. The lowest BCUT2D eigenvalue weighted by Crippen LogP contribution is -2.29. The molecular formula is C36H63NO3. The summed E-state index contributed by atoms with van der Waals surface area (Å²) in [4.78, 5) is 2.58. The lowest BCUT2D eigenvalue weighted by molar-refractivity contribution is 0.0344. The van der Waals surface area contributed by atoms with Crippen molar-refractivity contribution in [3.63, 3.8) is 0 Å².